The van der Waals surface area contributed by atoms with Crippen molar-refractivity contribution in [3.8, 4) is 0 Å². The monoisotopic (exact) mass is 216 g/mol. The summed E-state index contributed by atoms with van der Waals surface area (Å²) in [6, 6.07) is 0. The zero-order valence-corrected chi connectivity index (χ0v) is 9.84. The van der Waals surface area contributed by atoms with Crippen molar-refractivity contribution in [1.29, 1.82) is 0 Å². The lowest BCUT2D eigenvalue weighted by Gasteiger charge is -2.19. The third kappa shape index (κ3) is 1.28. The van der Waals surface area contributed by atoms with Gasteiger partial charge in [0.15, 0.2) is 0 Å². The second-order valence-electron chi connectivity index (χ2n) is 6.04. The molecule has 0 saturated heterocycles. The van der Waals surface area contributed by atoms with E-state index in [1.165, 1.54) is 68.6 Å². The Hall–Kier alpha value is -0.790. The maximum atomic E-state index is 4.90. The normalized spacial score (nSPS) is 36.6. The third-order valence-electron chi connectivity index (χ3n) is 5.06. The first-order valence-corrected chi connectivity index (χ1v) is 6.98. The lowest BCUT2D eigenvalue weighted by atomic mass is 9.88. The maximum Gasteiger partial charge on any atom is 0.109 e. The van der Waals surface area contributed by atoms with Gasteiger partial charge in [0.25, 0.3) is 0 Å². The van der Waals surface area contributed by atoms with Crippen LogP contribution >= 0.6 is 0 Å². The molecule has 3 unspecified atom stereocenters. The minimum Gasteiger partial charge on any atom is -0.345 e. The summed E-state index contributed by atoms with van der Waals surface area (Å²) >= 11 is 0. The number of aromatic nitrogens is 2. The molecular weight excluding hydrogens is 196 g/mol. The Labute approximate surface area is 96.9 Å². The van der Waals surface area contributed by atoms with Crippen LogP contribution in [0.1, 0.15) is 61.7 Å². The summed E-state index contributed by atoms with van der Waals surface area (Å²) < 4.78 is 0. The molecular formula is C14H20N2. The van der Waals surface area contributed by atoms with Gasteiger partial charge in [-0.3, -0.25) is 0 Å². The van der Waals surface area contributed by atoms with Crippen molar-refractivity contribution in [3.05, 3.63) is 17.2 Å². The molecule has 2 bridgehead atoms. The number of hydrogen-bond acceptors (Lipinski definition) is 1. The van der Waals surface area contributed by atoms with E-state index in [4.69, 9.17) is 4.98 Å². The Morgan fingerprint density at radius 3 is 2.75 bits per heavy atom. The van der Waals surface area contributed by atoms with Gasteiger partial charge in [-0.1, -0.05) is 6.42 Å². The predicted octanol–water partition coefficient (Wildman–Crippen LogP) is 3.19. The highest BCUT2D eigenvalue weighted by molar-refractivity contribution is 5.21. The summed E-state index contributed by atoms with van der Waals surface area (Å²) in [6.07, 6.45) is 11.0. The van der Waals surface area contributed by atoms with Gasteiger partial charge in [-0.15, -0.1) is 0 Å². The fraction of sp³-hybridized carbons (Fsp3) is 0.786. The number of nitrogens with one attached hydrogen (secondary N) is 1. The van der Waals surface area contributed by atoms with Gasteiger partial charge in [-0.05, 0) is 56.8 Å². The highest BCUT2D eigenvalue weighted by atomic mass is 15.0. The molecule has 0 aromatic carbocycles. The summed E-state index contributed by atoms with van der Waals surface area (Å²) in [6.45, 7) is 0. The number of fused-ring (bicyclic) bond motifs is 3. The summed E-state index contributed by atoms with van der Waals surface area (Å²) in [5.41, 5.74) is 2.85. The Kier molecular flexibility index (Phi) is 1.94. The van der Waals surface area contributed by atoms with Crippen molar-refractivity contribution in [2.45, 2.75) is 57.3 Å². The molecule has 3 aliphatic carbocycles. The molecule has 3 aliphatic rings. The van der Waals surface area contributed by atoms with Crippen LogP contribution in [-0.2, 0) is 12.8 Å². The van der Waals surface area contributed by atoms with E-state index in [0.717, 1.165) is 17.8 Å². The topological polar surface area (TPSA) is 28.7 Å². The quantitative estimate of drug-likeness (QED) is 0.767. The first kappa shape index (κ1) is 9.26. The van der Waals surface area contributed by atoms with Gasteiger partial charge in [-0.25, -0.2) is 4.98 Å². The van der Waals surface area contributed by atoms with E-state index < -0.39 is 0 Å². The van der Waals surface area contributed by atoms with Crippen LogP contribution in [0.15, 0.2) is 0 Å². The standard InChI is InChI=1S/C14H20N2/c1-2-4-13-12(3-1)15-14(16-13)11-8-9-5-6-10(11)7-9/h9-11H,1-8H2,(H,15,16). The average molecular weight is 216 g/mol. The minimum absolute atomic E-state index is 0.782. The Morgan fingerprint density at radius 1 is 1.06 bits per heavy atom. The number of aromatic amines is 1. The third-order valence-corrected chi connectivity index (χ3v) is 5.06. The summed E-state index contributed by atoms with van der Waals surface area (Å²) in [7, 11) is 0. The van der Waals surface area contributed by atoms with Gasteiger partial charge in [0.05, 0.1) is 5.69 Å². The zero-order chi connectivity index (χ0) is 10.5. The van der Waals surface area contributed by atoms with Crippen molar-refractivity contribution >= 4 is 0 Å². The van der Waals surface area contributed by atoms with Gasteiger partial charge in [0.2, 0.25) is 0 Å². The van der Waals surface area contributed by atoms with E-state index in [1.807, 2.05) is 0 Å². The molecule has 4 rings (SSSR count). The molecule has 0 amide bonds. The highest BCUT2D eigenvalue weighted by Crippen LogP contribution is 2.52. The molecule has 0 spiro atoms. The Bertz CT molecular complexity index is 383. The van der Waals surface area contributed by atoms with Crippen molar-refractivity contribution in [3.63, 3.8) is 0 Å². The maximum absolute atomic E-state index is 4.90. The van der Waals surface area contributed by atoms with E-state index in [2.05, 4.69) is 4.98 Å². The van der Waals surface area contributed by atoms with Gasteiger partial charge in [0, 0.05) is 11.6 Å². The molecule has 3 atom stereocenters. The fourth-order valence-electron chi connectivity index (χ4n) is 4.23. The van der Waals surface area contributed by atoms with Crippen LogP contribution < -0.4 is 0 Å². The number of imidazole rings is 1. The smallest absolute Gasteiger partial charge is 0.109 e. The van der Waals surface area contributed by atoms with Crippen LogP contribution in [0.5, 0.6) is 0 Å². The van der Waals surface area contributed by atoms with E-state index >= 15 is 0 Å². The van der Waals surface area contributed by atoms with E-state index in [-0.39, 0.29) is 0 Å². The predicted molar refractivity (Wildman–Crippen MR) is 63.4 cm³/mol. The summed E-state index contributed by atoms with van der Waals surface area (Å²) in [5.74, 6) is 4.11. The van der Waals surface area contributed by atoms with E-state index in [9.17, 15) is 0 Å². The first-order valence-electron chi connectivity index (χ1n) is 6.98. The SMILES string of the molecule is C1CCc2[nH]c(C3CC4CCC3C4)nc2C1. The van der Waals surface area contributed by atoms with Crippen molar-refractivity contribution in [1.82, 2.24) is 9.97 Å². The molecule has 2 nitrogen and oxygen atoms in total. The number of hydrogen-bond donors (Lipinski definition) is 1. The molecule has 1 aromatic rings. The van der Waals surface area contributed by atoms with Gasteiger partial charge in [-0.2, -0.15) is 0 Å². The van der Waals surface area contributed by atoms with Crippen molar-refractivity contribution in [2.24, 2.45) is 11.8 Å². The second-order valence-corrected chi connectivity index (χ2v) is 6.04. The van der Waals surface area contributed by atoms with Crippen LogP contribution in [0.3, 0.4) is 0 Å². The first-order chi connectivity index (χ1) is 7.90. The Morgan fingerprint density at radius 2 is 2.00 bits per heavy atom. The molecule has 2 fully saturated rings. The van der Waals surface area contributed by atoms with Crippen LogP contribution in [-0.4, -0.2) is 9.97 Å². The number of H-pyrrole nitrogens is 1. The lowest BCUT2D eigenvalue weighted by molar-refractivity contribution is 0.407. The van der Waals surface area contributed by atoms with Gasteiger partial charge < -0.3 is 4.98 Å². The van der Waals surface area contributed by atoms with Gasteiger partial charge in [0.1, 0.15) is 5.82 Å². The van der Waals surface area contributed by atoms with Crippen LogP contribution in [0.25, 0.3) is 0 Å². The molecule has 2 heteroatoms. The highest BCUT2D eigenvalue weighted by Gasteiger charge is 2.41. The molecule has 1 aromatic heterocycles. The molecule has 1 N–H and O–H groups in total. The second kappa shape index (κ2) is 3.35. The molecule has 2 saturated carbocycles. The largest absolute Gasteiger partial charge is 0.345 e. The van der Waals surface area contributed by atoms with E-state index in [0.29, 0.717) is 0 Å². The van der Waals surface area contributed by atoms with Crippen LogP contribution in [0, 0.1) is 11.8 Å². The number of rotatable bonds is 1. The van der Waals surface area contributed by atoms with Crippen molar-refractivity contribution in [2.75, 3.05) is 0 Å². The molecule has 1 heterocycles. The minimum atomic E-state index is 0.782. The fourth-order valence-corrected chi connectivity index (χ4v) is 4.23. The van der Waals surface area contributed by atoms with Crippen LogP contribution in [0.4, 0.5) is 0 Å². The summed E-state index contributed by atoms with van der Waals surface area (Å²) in [5, 5.41) is 0. The number of nitrogens with zero attached hydrogens (tertiary/aromatic N) is 1. The Balaban J connectivity index is 1.65. The molecule has 86 valence electrons. The average Bonchev–Trinajstić information content (AvgIpc) is 3.02. The van der Waals surface area contributed by atoms with Gasteiger partial charge >= 0.3 is 0 Å². The molecule has 0 radical (unpaired) electrons. The molecule has 0 aliphatic heterocycles. The van der Waals surface area contributed by atoms with Crippen LogP contribution in [0.2, 0.25) is 0 Å². The lowest BCUT2D eigenvalue weighted by Crippen LogP contribution is -2.10. The van der Waals surface area contributed by atoms with E-state index in [1.54, 1.807) is 0 Å². The molecule has 16 heavy (non-hydrogen) atoms. The van der Waals surface area contributed by atoms with Crippen molar-refractivity contribution < 1.29 is 0 Å². The zero-order valence-electron chi connectivity index (χ0n) is 9.84. The summed E-state index contributed by atoms with van der Waals surface area (Å²) in [4.78, 5) is 8.55. The number of aryl methyl sites for hydroxylation is 2.